The molecule has 0 unspecified atom stereocenters. The van der Waals surface area contributed by atoms with Crippen LogP contribution in [-0.4, -0.2) is 21.4 Å². The van der Waals surface area contributed by atoms with E-state index < -0.39 is 5.97 Å². The standard InChI is InChI=1S/C11H16N2O3/c14-10(15)7-6-9-11(13-16-12-9)8-4-2-1-3-5-8/h8H,1-7H2,(H,14,15). The second-order valence-electron chi connectivity index (χ2n) is 4.32. The first kappa shape index (κ1) is 11.1. The molecule has 1 aliphatic carbocycles. The maximum Gasteiger partial charge on any atom is 0.303 e. The van der Waals surface area contributed by atoms with Crippen LogP contribution >= 0.6 is 0 Å². The Morgan fingerprint density at radius 1 is 1.31 bits per heavy atom. The number of hydrogen-bond acceptors (Lipinski definition) is 4. The van der Waals surface area contributed by atoms with Gasteiger partial charge in [-0.05, 0) is 12.8 Å². The predicted molar refractivity (Wildman–Crippen MR) is 56.1 cm³/mol. The normalized spacial score (nSPS) is 17.5. The summed E-state index contributed by atoms with van der Waals surface area (Å²) in [6, 6.07) is 0. The van der Waals surface area contributed by atoms with E-state index in [2.05, 4.69) is 10.3 Å². The summed E-state index contributed by atoms with van der Waals surface area (Å²) in [5, 5.41) is 16.4. The third kappa shape index (κ3) is 2.59. The Labute approximate surface area is 93.8 Å². The van der Waals surface area contributed by atoms with Crippen LogP contribution in [0.15, 0.2) is 4.63 Å². The van der Waals surface area contributed by atoms with Crippen molar-refractivity contribution in [2.45, 2.75) is 50.9 Å². The molecule has 1 fully saturated rings. The summed E-state index contributed by atoms with van der Waals surface area (Å²) in [5.74, 6) is -0.388. The summed E-state index contributed by atoms with van der Waals surface area (Å²) in [6.07, 6.45) is 6.47. The lowest BCUT2D eigenvalue weighted by Crippen LogP contribution is -2.08. The Hall–Kier alpha value is -1.39. The van der Waals surface area contributed by atoms with E-state index >= 15 is 0 Å². The van der Waals surface area contributed by atoms with Gasteiger partial charge in [0, 0.05) is 12.3 Å². The number of nitrogens with zero attached hydrogens (tertiary/aromatic N) is 2. The molecule has 0 saturated heterocycles. The highest BCUT2D eigenvalue weighted by Crippen LogP contribution is 2.33. The highest BCUT2D eigenvalue weighted by molar-refractivity contribution is 5.67. The number of rotatable bonds is 4. The molecule has 2 rings (SSSR count). The minimum absolute atomic E-state index is 0.0912. The molecule has 1 saturated carbocycles. The fourth-order valence-electron chi connectivity index (χ4n) is 2.30. The zero-order chi connectivity index (χ0) is 11.4. The molecule has 1 heterocycles. The number of carboxylic acids is 1. The molecular weight excluding hydrogens is 208 g/mol. The monoisotopic (exact) mass is 224 g/mol. The van der Waals surface area contributed by atoms with E-state index in [9.17, 15) is 4.79 Å². The fourth-order valence-corrected chi connectivity index (χ4v) is 2.30. The van der Waals surface area contributed by atoms with E-state index in [1.807, 2.05) is 0 Å². The Morgan fingerprint density at radius 3 is 2.75 bits per heavy atom. The number of aryl methyl sites for hydroxylation is 1. The van der Waals surface area contributed by atoms with Gasteiger partial charge in [-0.25, -0.2) is 4.63 Å². The number of carbonyl (C=O) groups is 1. The van der Waals surface area contributed by atoms with E-state index in [-0.39, 0.29) is 6.42 Å². The molecule has 1 aromatic rings. The van der Waals surface area contributed by atoms with Crippen molar-refractivity contribution in [3.63, 3.8) is 0 Å². The maximum absolute atomic E-state index is 10.5. The third-order valence-electron chi connectivity index (χ3n) is 3.15. The molecule has 0 atom stereocenters. The minimum Gasteiger partial charge on any atom is -0.481 e. The fraction of sp³-hybridized carbons (Fsp3) is 0.727. The number of hydrogen-bond donors (Lipinski definition) is 1. The Bertz CT molecular complexity index is 356. The van der Waals surface area contributed by atoms with Crippen LogP contribution in [0, 0.1) is 0 Å². The van der Waals surface area contributed by atoms with Crippen molar-refractivity contribution in [2.24, 2.45) is 0 Å². The van der Waals surface area contributed by atoms with Gasteiger partial charge in [0.25, 0.3) is 0 Å². The highest BCUT2D eigenvalue weighted by Gasteiger charge is 2.23. The first-order valence-electron chi connectivity index (χ1n) is 5.80. The molecule has 0 bridgehead atoms. The predicted octanol–water partition coefficient (Wildman–Crippen LogP) is 2.13. The van der Waals surface area contributed by atoms with Crippen LogP contribution in [0.3, 0.4) is 0 Å². The number of aliphatic carboxylic acids is 1. The molecule has 0 spiro atoms. The summed E-state index contributed by atoms with van der Waals surface area (Å²) in [4.78, 5) is 10.5. The third-order valence-corrected chi connectivity index (χ3v) is 3.15. The SMILES string of the molecule is O=C(O)CCc1nonc1C1CCCCC1. The Morgan fingerprint density at radius 2 is 2.06 bits per heavy atom. The van der Waals surface area contributed by atoms with Crippen LogP contribution < -0.4 is 0 Å². The molecule has 1 aromatic heterocycles. The largest absolute Gasteiger partial charge is 0.481 e. The Balaban J connectivity index is 2.02. The van der Waals surface area contributed by atoms with Gasteiger partial charge in [-0.15, -0.1) is 0 Å². The van der Waals surface area contributed by atoms with Gasteiger partial charge in [0.05, 0.1) is 6.42 Å². The van der Waals surface area contributed by atoms with Crippen LogP contribution in [0.5, 0.6) is 0 Å². The average Bonchev–Trinajstić information content (AvgIpc) is 2.75. The van der Waals surface area contributed by atoms with Gasteiger partial charge in [-0.2, -0.15) is 0 Å². The van der Waals surface area contributed by atoms with E-state index in [1.54, 1.807) is 0 Å². The van der Waals surface area contributed by atoms with Gasteiger partial charge in [0.15, 0.2) is 0 Å². The van der Waals surface area contributed by atoms with Crippen molar-refractivity contribution in [3.05, 3.63) is 11.4 Å². The average molecular weight is 224 g/mol. The molecule has 5 heteroatoms. The van der Waals surface area contributed by atoms with Gasteiger partial charge < -0.3 is 5.11 Å². The van der Waals surface area contributed by atoms with Crippen molar-refractivity contribution in [2.75, 3.05) is 0 Å². The minimum atomic E-state index is -0.808. The van der Waals surface area contributed by atoms with Crippen LogP contribution in [-0.2, 0) is 11.2 Å². The summed E-state index contributed by atoms with van der Waals surface area (Å²) < 4.78 is 4.74. The molecule has 16 heavy (non-hydrogen) atoms. The lowest BCUT2D eigenvalue weighted by molar-refractivity contribution is -0.136. The van der Waals surface area contributed by atoms with Gasteiger partial charge in [-0.1, -0.05) is 29.6 Å². The zero-order valence-electron chi connectivity index (χ0n) is 9.19. The van der Waals surface area contributed by atoms with E-state index in [4.69, 9.17) is 9.74 Å². The van der Waals surface area contributed by atoms with Crippen molar-refractivity contribution in [3.8, 4) is 0 Å². The maximum atomic E-state index is 10.5. The molecule has 0 aromatic carbocycles. The summed E-state index contributed by atoms with van der Waals surface area (Å²) in [7, 11) is 0. The summed E-state index contributed by atoms with van der Waals surface area (Å²) >= 11 is 0. The molecule has 88 valence electrons. The van der Waals surface area contributed by atoms with Crippen LogP contribution in [0.1, 0.15) is 55.8 Å². The first-order valence-corrected chi connectivity index (χ1v) is 5.80. The molecule has 0 amide bonds. The number of aromatic nitrogens is 2. The van der Waals surface area contributed by atoms with Crippen molar-refractivity contribution in [1.29, 1.82) is 0 Å². The summed E-state index contributed by atoms with van der Waals surface area (Å²) in [6.45, 7) is 0. The van der Waals surface area contributed by atoms with Gasteiger partial charge in [0.1, 0.15) is 11.4 Å². The smallest absolute Gasteiger partial charge is 0.303 e. The topological polar surface area (TPSA) is 76.2 Å². The molecule has 0 aliphatic heterocycles. The Kier molecular flexibility index (Phi) is 3.54. The highest BCUT2D eigenvalue weighted by atomic mass is 16.6. The van der Waals surface area contributed by atoms with Crippen molar-refractivity contribution < 1.29 is 14.5 Å². The lowest BCUT2D eigenvalue weighted by Gasteiger charge is -2.19. The second kappa shape index (κ2) is 5.09. The lowest BCUT2D eigenvalue weighted by atomic mass is 9.86. The molecule has 1 aliphatic rings. The molecule has 1 N–H and O–H groups in total. The zero-order valence-corrected chi connectivity index (χ0v) is 9.19. The van der Waals surface area contributed by atoms with Crippen LogP contribution in [0.25, 0.3) is 0 Å². The van der Waals surface area contributed by atoms with E-state index in [0.717, 1.165) is 24.2 Å². The van der Waals surface area contributed by atoms with Crippen LogP contribution in [0.2, 0.25) is 0 Å². The van der Waals surface area contributed by atoms with E-state index in [0.29, 0.717) is 12.3 Å². The van der Waals surface area contributed by atoms with E-state index in [1.165, 1.54) is 19.3 Å². The van der Waals surface area contributed by atoms with Gasteiger partial charge in [0.2, 0.25) is 0 Å². The van der Waals surface area contributed by atoms with Gasteiger partial charge in [-0.3, -0.25) is 4.79 Å². The summed E-state index contributed by atoms with van der Waals surface area (Å²) in [5.41, 5.74) is 1.62. The first-order chi connectivity index (χ1) is 7.77. The molecule has 0 radical (unpaired) electrons. The van der Waals surface area contributed by atoms with Crippen molar-refractivity contribution in [1.82, 2.24) is 10.3 Å². The molecular formula is C11H16N2O3. The van der Waals surface area contributed by atoms with Crippen molar-refractivity contribution >= 4 is 5.97 Å². The quantitative estimate of drug-likeness (QED) is 0.847. The number of carboxylic acid groups (broad SMARTS) is 1. The molecule has 5 nitrogen and oxygen atoms in total. The van der Waals surface area contributed by atoms with Gasteiger partial charge >= 0.3 is 5.97 Å². The van der Waals surface area contributed by atoms with Crippen LogP contribution in [0.4, 0.5) is 0 Å². The second-order valence-corrected chi connectivity index (χ2v) is 4.32.